The normalized spacial score (nSPS) is 38.8. The van der Waals surface area contributed by atoms with E-state index in [0.29, 0.717) is 0 Å². The lowest BCUT2D eigenvalue weighted by Gasteiger charge is -2.42. The van der Waals surface area contributed by atoms with Crippen molar-refractivity contribution in [3.05, 3.63) is 0 Å². The summed E-state index contributed by atoms with van der Waals surface area (Å²) in [6.45, 7) is 6.37. The maximum absolute atomic E-state index is 3.71. The molecule has 2 aliphatic heterocycles. The van der Waals surface area contributed by atoms with E-state index in [1.54, 1.807) is 0 Å². The summed E-state index contributed by atoms with van der Waals surface area (Å²) in [5, 5.41) is 3.71. The number of nitrogens with one attached hydrogen (secondary N) is 1. The van der Waals surface area contributed by atoms with Crippen molar-refractivity contribution in [1.82, 2.24) is 15.1 Å². The zero-order valence-corrected chi connectivity index (χ0v) is 10.5. The molecule has 3 fully saturated rings. The summed E-state index contributed by atoms with van der Waals surface area (Å²) in [6, 6.07) is 1.64. The fourth-order valence-electron chi connectivity index (χ4n) is 3.39. The van der Waals surface area contributed by atoms with E-state index in [-0.39, 0.29) is 0 Å². The third-order valence-electron chi connectivity index (χ3n) is 4.54. The van der Waals surface area contributed by atoms with Crippen LogP contribution in [-0.4, -0.2) is 61.7 Å². The van der Waals surface area contributed by atoms with Gasteiger partial charge in [0.25, 0.3) is 0 Å². The summed E-state index contributed by atoms with van der Waals surface area (Å²) in [6.07, 6.45) is 5.74. The van der Waals surface area contributed by atoms with Gasteiger partial charge in [0.2, 0.25) is 0 Å². The van der Waals surface area contributed by atoms with Gasteiger partial charge in [0.15, 0.2) is 0 Å². The lowest BCUT2D eigenvalue weighted by atomic mass is 10.0. The van der Waals surface area contributed by atoms with E-state index in [0.717, 1.165) is 18.0 Å². The third kappa shape index (κ3) is 2.41. The van der Waals surface area contributed by atoms with Crippen LogP contribution < -0.4 is 5.32 Å². The molecule has 3 heteroatoms. The molecule has 16 heavy (non-hydrogen) atoms. The first-order valence-electron chi connectivity index (χ1n) is 6.99. The van der Waals surface area contributed by atoms with Crippen molar-refractivity contribution in [3.63, 3.8) is 0 Å². The third-order valence-corrected chi connectivity index (χ3v) is 4.54. The van der Waals surface area contributed by atoms with Gasteiger partial charge in [0.05, 0.1) is 0 Å². The molecule has 0 amide bonds. The average molecular weight is 223 g/mol. The lowest BCUT2D eigenvalue weighted by molar-refractivity contribution is 0.0808. The number of nitrogens with zero attached hydrogens (tertiary/aromatic N) is 2. The Bertz CT molecular complexity index is 239. The molecule has 1 aliphatic carbocycles. The molecule has 0 aromatic rings. The van der Waals surface area contributed by atoms with Crippen LogP contribution in [0.3, 0.4) is 0 Å². The zero-order valence-electron chi connectivity index (χ0n) is 10.5. The van der Waals surface area contributed by atoms with Gasteiger partial charge in [-0.1, -0.05) is 0 Å². The second-order valence-corrected chi connectivity index (χ2v) is 5.95. The Morgan fingerprint density at radius 1 is 1.06 bits per heavy atom. The highest BCUT2D eigenvalue weighted by Gasteiger charge is 2.36. The van der Waals surface area contributed by atoms with Crippen molar-refractivity contribution in [2.75, 3.05) is 39.8 Å². The first-order chi connectivity index (χ1) is 7.83. The van der Waals surface area contributed by atoms with Gasteiger partial charge in [-0.25, -0.2) is 0 Å². The number of piperazine rings is 1. The molecule has 0 aromatic carbocycles. The average Bonchev–Trinajstić information content (AvgIpc) is 3.13. The maximum Gasteiger partial charge on any atom is 0.0224 e. The van der Waals surface area contributed by atoms with Gasteiger partial charge in [-0.15, -0.1) is 0 Å². The van der Waals surface area contributed by atoms with Gasteiger partial charge in [0.1, 0.15) is 0 Å². The minimum atomic E-state index is 0.806. The monoisotopic (exact) mass is 223 g/mol. The Morgan fingerprint density at radius 3 is 2.69 bits per heavy atom. The van der Waals surface area contributed by atoms with E-state index < -0.39 is 0 Å². The van der Waals surface area contributed by atoms with E-state index in [1.165, 1.54) is 58.4 Å². The Balaban J connectivity index is 1.56. The summed E-state index contributed by atoms with van der Waals surface area (Å²) >= 11 is 0. The molecule has 0 radical (unpaired) electrons. The van der Waals surface area contributed by atoms with E-state index in [9.17, 15) is 0 Å². The molecule has 2 unspecified atom stereocenters. The highest BCUT2D eigenvalue weighted by atomic mass is 15.3. The molecule has 2 saturated heterocycles. The van der Waals surface area contributed by atoms with Crippen LogP contribution in [0.25, 0.3) is 0 Å². The minimum Gasteiger partial charge on any atom is -0.311 e. The highest BCUT2D eigenvalue weighted by Crippen LogP contribution is 2.34. The van der Waals surface area contributed by atoms with Crippen molar-refractivity contribution >= 4 is 0 Å². The van der Waals surface area contributed by atoms with Crippen molar-refractivity contribution in [3.8, 4) is 0 Å². The summed E-state index contributed by atoms with van der Waals surface area (Å²) in [5.41, 5.74) is 0. The van der Waals surface area contributed by atoms with Gasteiger partial charge < -0.3 is 10.2 Å². The summed E-state index contributed by atoms with van der Waals surface area (Å²) in [4.78, 5) is 5.26. The molecular formula is C13H25N3. The number of hydrogen-bond donors (Lipinski definition) is 1. The van der Waals surface area contributed by atoms with Crippen molar-refractivity contribution in [1.29, 1.82) is 0 Å². The molecular weight excluding hydrogens is 198 g/mol. The number of likely N-dealkylation sites (tertiary alicyclic amines) is 1. The summed E-state index contributed by atoms with van der Waals surface area (Å²) in [7, 11) is 2.27. The standard InChI is InChI=1S/C13H25N3/c1-15-7-2-3-12(9-15)16-8-6-14-13(10-16)11-4-5-11/h11-14H,2-10H2,1H3. The molecule has 1 N–H and O–H groups in total. The second kappa shape index (κ2) is 4.63. The Hall–Kier alpha value is -0.120. The van der Waals surface area contributed by atoms with Crippen LogP contribution in [0.5, 0.6) is 0 Å². The Labute approximate surface area is 99.2 Å². The van der Waals surface area contributed by atoms with Crippen LogP contribution in [0.15, 0.2) is 0 Å². The molecule has 92 valence electrons. The smallest absolute Gasteiger partial charge is 0.0224 e. The van der Waals surface area contributed by atoms with Gasteiger partial charge in [-0.2, -0.15) is 0 Å². The quantitative estimate of drug-likeness (QED) is 0.746. The van der Waals surface area contributed by atoms with Gasteiger partial charge >= 0.3 is 0 Å². The fourth-order valence-corrected chi connectivity index (χ4v) is 3.39. The Morgan fingerprint density at radius 2 is 1.94 bits per heavy atom. The molecule has 1 saturated carbocycles. The lowest BCUT2D eigenvalue weighted by Crippen LogP contribution is -2.57. The molecule has 0 aromatic heterocycles. The first kappa shape index (κ1) is 11.0. The molecule has 0 spiro atoms. The summed E-state index contributed by atoms with van der Waals surface area (Å²) < 4.78 is 0. The van der Waals surface area contributed by atoms with E-state index in [2.05, 4.69) is 22.2 Å². The minimum absolute atomic E-state index is 0.806. The number of hydrogen-bond acceptors (Lipinski definition) is 3. The van der Waals surface area contributed by atoms with Crippen LogP contribution in [-0.2, 0) is 0 Å². The molecule has 3 nitrogen and oxygen atoms in total. The topological polar surface area (TPSA) is 18.5 Å². The largest absolute Gasteiger partial charge is 0.311 e. The Kier molecular flexibility index (Phi) is 3.18. The molecule has 3 rings (SSSR count). The second-order valence-electron chi connectivity index (χ2n) is 5.95. The van der Waals surface area contributed by atoms with Crippen LogP contribution in [0.1, 0.15) is 25.7 Å². The molecule has 2 atom stereocenters. The summed E-state index contributed by atoms with van der Waals surface area (Å²) in [5.74, 6) is 1.00. The SMILES string of the molecule is CN1CCCC(N2CCNC(C3CC3)C2)C1. The van der Waals surface area contributed by atoms with Crippen molar-refractivity contribution < 1.29 is 0 Å². The number of likely N-dealkylation sites (N-methyl/N-ethyl adjacent to an activating group) is 1. The maximum atomic E-state index is 3.71. The zero-order chi connectivity index (χ0) is 11.0. The predicted molar refractivity (Wildman–Crippen MR) is 66.6 cm³/mol. The van der Waals surface area contributed by atoms with Crippen molar-refractivity contribution in [2.45, 2.75) is 37.8 Å². The molecule has 3 aliphatic rings. The van der Waals surface area contributed by atoms with Gasteiger partial charge in [-0.3, -0.25) is 4.90 Å². The van der Waals surface area contributed by atoms with E-state index in [4.69, 9.17) is 0 Å². The fraction of sp³-hybridized carbons (Fsp3) is 1.00. The van der Waals surface area contributed by atoms with E-state index in [1.807, 2.05) is 0 Å². The molecule has 2 heterocycles. The van der Waals surface area contributed by atoms with Crippen LogP contribution in [0.4, 0.5) is 0 Å². The predicted octanol–water partition coefficient (Wildman–Crippen LogP) is 0.764. The van der Waals surface area contributed by atoms with Crippen molar-refractivity contribution in [2.24, 2.45) is 5.92 Å². The number of piperidine rings is 1. The van der Waals surface area contributed by atoms with Crippen LogP contribution >= 0.6 is 0 Å². The van der Waals surface area contributed by atoms with E-state index >= 15 is 0 Å². The van der Waals surface area contributed by atoms with Gasteiger partial charge in [-0.05, 0) is 45.2 Å². The van der Waals surface area contributed by atoms with Crippen LogP contribution in [0.2, 0.25) is 0 Å². The van der Waals surface area contributed by atoms with Gasteiger partial charge in [0, 0.05) is 38.3 Å². The highest BCUT2D eigenvalue weighted by molar-refractivity contribution is 4.93. The molecule has 0 bridgehead atoms. The number of rotatable bonds is 2. The van der Waals surface area contributed by atoms with Crippen LogP contribution in [0, 0.1) is 5.92 Å². The first-order valence-corrected chi connectivity index (χ1v) is 6.99.